The Kier molecular flexibility index (Phi) is 4.41. The third-order valence-corrected chi connectivity index (χ3v) is 2.98. The van der Waals surface area contributed by atoms with E-state index < -0.39 is 0 Å². The molecule has 0 aromatic heterocycles. The molecule has 2 aromatic rings. The molecule has 3 heteroatoms. The molecule has 0 aliphatic carbocycles. The molecule has 0 radical (unpaired) electrons. The van der Waals surface area contributed by atoms with Crippen LogP contribution in [0.25, 0.3) is 11.1 Å². The highest BCUT2D eigenvalue weighted by Crippen LogP contribution is 2.27. The number of methoxy groups -OCH3 is 1. The van der Waals surface area contributed by atoms with Gasteiger partial charge in [-0.1, -0.05) is 30.3 Å². The normalized spacial score (nSPS) is 10.4. The first-order chi connectivity index (χ1) is 9.61. The van der Waals surface area contributed by atoms with Crippen LogP contribution in [0.3, 0.4) is 0 Å². The van der Waals surface area contributed by atoms with E-state index in [0.29, 0.717) is 11.3 Å². The molecule has 0 unspecified atom stereocenters. The Morgan fingerprint density at radius 1 is 1.10 bits per heavy atom. The zero-order chi connectivity index (χ0) is 14.5. The molecule has 104 valence electrons. The van der Waals surface area contributed by atoms with Crippen molar-refractivity contribution in [2.24, 2.45) is 0 Å². The van der Waals surface area contributed by atoms with Crippen molar-refractivity contribution in [3.05, 3.63) is 54.1 Å². The lowest BCUT2D eigenvalue weighted by Gasteiger charge is -2.14. The van der Waals surface area contributed by atoms with Gasteiger partial charge in [-0.05, 0) is 43.2 Å². The zero-order valence-corrected chi connectivity index (χ0v) is 12.0. The van der Waals surface area contributed by atoms with Gasteiger partial charge in [0.1, 0.15) is 5.75 Å². The maximum atomic E-state index is 12.4. The summed E-state index contributed by atoms with van der Waals surface area (Å²) in [5.41, 5.74) is 2.55. The molecule has 20 heavy (non-hydrogen) atoms. The Bertz CT molecular complexity index is 591. The van der Waals surface area contributed by atoms with Gasteiger partial charge in [-0.3, -0.25) is 4.79 Å². The van der Waals surface area contributed by atoms with E-state index in [9.17, 15) is 4.79 Å². The molecule has 0 atom stereocenters. The topological polar surface area (TPSA) is 38.3 Å². The van der Waals surface area contributed by atoms with Gasteiger partial charge in [-0.15, -0.1) is 0 Å². The van der Waals surface area contributed by atoms with E-state index in [1.54, 1.807) is 13.2 Å². The Labute approximate surface area is 119 Å². The van der Waals surface area contributed by atoms with E-state index in [2.05, 4.69) is 5.32 Å². The second kappa shape index (κ2) is 6.24. The SMILES string of the molecule is COc1ccc(-c2ccccc2)c(C(=O)NC(C)C)c1. The van der Waals surface area contributed by atoms with Crippen molar-refractivity contribution in [1.82, 2.24) is 5.32 Å². The summed E-state index contributed by atoms with van der Waals surface area (Å²) in [6.07, 6.45) is 0. The van der Waals surface area contributed by atoms with Crippen molar-refractivity contribution in [3.8, 4) is 16.9 Å². The summed E-state index contributed by atoms with van der Waals surface area (Å²) in [5, 5.41) is 2.93. The highest BCUT2D eigenvalue weighted by molar-refractivity contribution is 6.01. The summed E-state index contributed by atoms with van der Waals surface area (Å²) in [6.45, 7) is 3.89. The summed E-state index contributed by atoms with van der Waals surface area (Å²) >= 11 is 0. The number of amides is 1. The zero-order valence-electron chi connectivity index (χ0n) is 12.0. The van der Waals surface area contributed by atoms with Crippen LogP contribution >= 0.6 is 0 Å². The minimum Gasteiger partial charge on any atom is -0.497 e. The highest BCUT2D eigenvalue weighted by Gasteiger charge is 2.14. The van der Waals surface area contributed by atoms with Crippen LogP contribution in [0, 0.1) is 0 Å². The van der Waals surface area contributed by atoms with Gasteiger partial charge in [0.15, 0.2) is 0 Å². The first-order valence-corrected chi connectivity index (χ1v) is 6.66. The van der Waals surface area contributed by atoms with E-state index in [1.165, 1.54) is 0 Å². The highest BCUT2D eigenvalue weighted by atomic mass is 16.5. The van der Waals surface area contributed by atoms with Gasteiger partial charge >= 0.3 is 0 Å². The van der Waals surface area contributed by atoms with Crippen molar-refractivity contribution < 1.29 is 9.53 Å². The smallest absolute Gasteiger partial charge is 0.252 e. The molecular formula is C17H19NO2. The molecule has 1 N–H and O–H groups in total. The fraction of sp³-hybridized carbons (Fsp3) is 0.235. The minimum absolute atomic E-state index is 0.0854. The van der Waals surface area contributed by atoms with Gasteiger partial charge < -0.3 is 10.1 Å². The van der Waals surface area contributed by atoms with Crippen molar-refractivity contribution in [3.63, 3.8) is 0 Å². The molecule has 3 nitrogen and oxygen atoms in total. The van der Waals surface area contributed by atoms with Gasteiger partial charge in [0.2, 0.25) is 0 Å². The first kappa shape index (κ1) is 14.1. The molecule has 2 aromatic carbocycles. The third-order valence-electron chi connectivity index (χ3n) is 2.98. The Balaban J connectivity index is 2.48. The van der Waals surface area contributed by atoms with Crippen molar-refractivity contribution in [1.29, 1.82) is 0 Å². The Morgan fingerprint density at radius 2 is 1.80 bits per heavy atom. The molecule has 1 amide bonds. The average Bonchev–Trinajstić information content (AvgIpc) is 2.46. The van der Waals surface area contributed by atoms with Crippen LogP contribution in [0.15, 0.2) is 48.5 Å². The number of hydrogen-bond donors (Lipinski definition) is 1. The minimum atomic E-state index is -0.0854. The number of hydrogen-bond acceptors (Lipinski definition) is 2. The summed E-state index contributed by atoms with van der Waals surface area (Å²) in [5.74, 6) is 0.594. The fourth-order valence-electron chi connectivity index (χ4n) is 2.05. The van der Waals surface area contributed by atoms with Gasteiger partial charge in [-0.25, -0.2) is 0 Å². The molecular weight excluding hydrogens is 250 g/mol. The van der Waals surface area contributed by atoms with Crippen LogP contribution in [-0.4, -0.2) is 19.1 Å². The second-order valence-corrected chi connectivity index (χ2v) is 4.91. The largest absolute Gasteiger partial charge is 0.497 e. The number of carbonyl (C=O) groups is 1. The number of nitrogens with one attached hydrogen (secondary N) is 1. The maximum Gasteiger partial charge on any atom is 0.252 e. The van der Waals surface area contributed by atoms with E-state index in [-0.39, 0.29) is 11.9 Å². The Hall–Kier alpha value is -2.29. The Morgan fingerprint density at radius 3 is 2.40 bits per heavy atom. The summed E-state index contributed by atoms with van der Waals surface area (Å²) in [7, 11) is 1.60. The van der Waals surface area contributed by atoms with E-state index in [1.807, 2.05) is 56.3 Å². The van der Waals surface area contributed by atoms with Gasteiger partial charge in [0, 0.05) is 6.04 Å². The lowest BCUT2D eigenvalue weighted by molar-refractivity contribution is 0.0943. The predicted octanol–water partition coefficient (Wildman–Crippen LogP) is 3.50. The molecule has 0 aliphatic rings. The second-order valence-electron chi connectivity index (χ2n) is 4.91. The number of ether oxygens (including phenoxy) is 1. The summed E-state index contributed by atoms with van der Waals surface area (Å²) in [6, 6.07) is 15.5. The number of rotatable bonds is 4. The quantitative estimate of drug-likeness (QED) is 0.922. The average molecular weight is 269 g/mol. The van der Waals surface area contributed by atoms with Crippen LogP contribution in [0.2, 0.25) is 0 Å². The van der Waals surface area contributed by atoms with Crippen LogP contribution < -0.4 is 10.1 Å². The predicted molar refractivity (Wildman–Crippen MR) is 81.0 cm³/mol. The number of benzene rings is 2. The maximum absolute atomic E-state index is 12.4. The van der Waals surface area contributed by atoms with Crippen LogP contribution in [0.1, 0.15) is 24.2 Å². The van der Waals surface area contributed by atoms with E-state index in [0.717, 1.165) is 11.1 Å². The molecule has 0 spiro atoms. The van der Waals surface area contributed by atoms with Gasteiger partial charge in [-0.2, -0.15) is 0 Å². The third kappa shape index (κ3) is 3.18. The van der Waals surface area contributed by atoms with Crippen molar-refractivity contribution in [2.45, 2.75) is 19.9 Å². The standard InChI is InChI=1S/C17H19NO2/c1-12(2)18-17(19)16-11-14(20-3)9-10-15(16)13-7-5-4-6-8-13/h4-12H,1-3H3,(H,18,19). The lowest BCUT2D eigenvalue weighted by Crippen LogP contribution is -2.30. The van der Waals surface area contributed by atoms with Crippen molar-refractivity contribution in [2.75, 3.05) is 7.11 Å². The molecule has 0 saturated carbocycles. The molecule has 0 aliphatic heterocycles. The summed E-state index contributed by atoms with van der Waals surface area (Å²) in [4.78, 5) is 12.4. The first-order valence-electron chi connectivity index (χ1n) is 6.66. The van der Waals surface area contributed by atoms with Gasteiger partial charge in [0.05, 0.1) is 12.7 Å². The molecule has 0 bridgehead atoms. The monoisotopic (exact) mass is 269 g/mol. The van der Waals surface area contributed by atoms with E-state index in [4.69, 9.17) is 4.74 Å². The lowest BCUT2D eigenvalue weighted by atomic mass is 9.98. The molecule has 0 saturated heterocycles. The van der Waals surface area contributed by atoms with E-state index >= 15 is 0 Å². The van der Waals surface area contributed by atoms with Crippen LogP contribution in [-0.2, 0) is 0 Å². The molecule has 0 heterocycles. The number of carbonyl (C=O) groups excluding carboxylic acids is 1. The van der Waals surface area contributed by atoms with Gasteiger partial charge in [0.25, 0.3) is 5.91 Å². The molecule has 2 rings (SSSR count). The fourth-order valence-corrected chi connectivity index (χ4v) is 2.05. The summed E-state index contributed by atoms with van der Waals surface area (Å²) < 4.78 is 5.22. The van der Waals surface area contributed by atoms with Crippen LogP contribution in [0.4, 0.5) is 0 Å². The van der Waals surface area contributed by atoms with Crippen molar-refractivity contribution >= 4 is 5.91 Å². The molecule has 0 fully saturated rings. The van der Waals surface area contributed by atoms with Crippen LogP contribution in [0.5, 0.6) is 5.75 Å².